The highest BCUT2D eigenvalue weighted by atomic mass is 15.0. The minimum absolute atomic E-state index is 0.811. The smallest absolute Gasteiger partial charge is 0.150 e. The Balaban J connectivity index is 0.000000671. The minimum atomic E-state index is 0.811. The highest BCUT2D eigenvalue weighted by molar-refractivity contribution is 5.16. The summed E-state index contributed by atoms with van der Waals surface area (Å²) in [6.45, 7) is 9.59. The van der Waals surface area contributed by atoms with E-state index in [-0.39, 0.29) is 0 Å². The zero-order valence-corrected chi connectivity index (χ0v) is 8.78. The number of aromatic nitrogens is 2. The van der Waals surface area contributed by atoms with Crippen molar-refractivity contribution in [1.29, 1.82) is 0 Å². The Morgan fingerprint density at radius 3 is 2.62 bits per heavy atom. The van der Waals surface area contributed by atoms with Gasteiger partial charge in [-0.2, -0.15) is 0 Å². The van der Waals surface area contributed by atoms with Gasteiger partial charge in [-0.05, 0) is 6.92 Å². The lowest BCUT2D eigenvalue weighted by Crippen LogP contribution is -2.16. The molecule has 1 aromatic heterocycles. The van der Waals surface area contributed by atoms with Crippen molar-refractivity contribution in [2.75, 3.05) is 7.05 Å². The second kappa shape index (κ2) is 6.17. The number of hydrogen-bond acceptors (Lipinski definition) is 2. The predicted octanol–water partition coefficient (Wildman–Crippen LogP) is 1.85. The van der Waals surface area contributed by atoms with Crippen molar-refractivity contribution in [2.24, 2.45) is 4.99 Å². The van der Waals surface area contributed by atoms with Crippen molar-refractivity contribution in [3.63, 3.8) is 0 Å². The van der Waals surface area contributed by atoms with Crippen LogP contribution in [0.15, 0.2) is 24.0 Å². The van der Waals surface area contributed by atoms with E-state index in [0.717, 1.165) is 11.2 Å². The van der Waals surface area contributed by atoms with Crippen molar-refractivity contribution in [3.05, 3.63) is 30.2 Å². The molecule has 0 N–H and O–H groups in total. The van der Waals surface area contributed by atoms with Crippen LogP contribution in [0.25, 0.3) is 6.20 Å². The molecule has 3 heteroatoms. The number of nitrogens with zero attached hydrogens (tertiary/aromatic N) is 3. The second-order valence-electron chi connectivity index (χ2n) is 2.20. The van der Waals surface area contributed by atoms with Crippen LogP contribution in [0.1, 0.15) is 19.5 Å². The van der Waals surface area contributed by atoms with Gasteiger partial charge in [0, 0.05) is 19.4 Å². The van der Waals surface area contributed by atoms with Gasteiger partial charge in [0.05, 0.1) is 11.9 Å². The van der Waals surface area contributed by atoms with Crippen LogP contribution in [0.3, 0.4) is 0 Å². The van der Waals surface area contributed by atoms with E-state index in [1.807, 2.05) is 31.5 Å². The maximum Gasteiger partial charge on any atom is 0.150 e. The normalized spacial score (nSPS) is 10.3. The fraction of sp³-hybridized carbons (Fsp3) is 0.400. The average molecular weight is 179 g/mol. The molecule has 0 spiro atoms. The van der Waals surface area contributed by atoms with Crippen molar-refractivity contribution < 1.29 is 0 Å². The Morgan fingerprint density at radius 1 is 1.54 bits per heavy atom. The molecule has 1 aromatic rings. The molecule has 0 saturated heterocycles. The Kier molecular flexibility index (Phi) is 5.52. The summed E-state index contributed by atoms with van der Waals surface area (Å²) in [5, 5.41) is 0. The molecule has 3 nitrogen and oxygen atoms in total. The number of hydrogen-bond donors (Lipinski definition) is 0. The summed E-state index contributed by atoms with van der Waals surface area (Å²) in [6, 6.07) is 0. The first kappa shape index (κ1) is 11.6. The van der Waals surface area contributed by atoms with Crippen molar-refractivity contribution in [1.82, 2.24) is 9.55 Å². The van der Waals surface area contributed by atoms with E-state index in [4.69, 9.17) is 0 Å². The Morgan fingerprint density at radius 2 is 2.15 bits per heavy atom. The summed E-state index contributed by atoms with van der Waals surface area (Å²) >= 11 is 0. The van der Waals surface area contributed by atoms with Crippen LogP contribution in [-0.4, -0.2) is 16.6 Å². The molecular weight excluding hydrogens is 162 g/mol. The third-order valence-electron chi connectivity index (χ3n) is 1.40. The average Bonchev–Trinajstić information content (AvgIpc) is 2.20. The Labute approximate surface area is 79.5 Å². The molecule has 13 heavy (non-hydrogen) atoms. The van der Waals surface area contributed by atoms with Gasteiger partial charge in [-0.3, -0.25) is 9.98 Å². The van der Waals surface area contributed by atoms with Crippen LogP contribution in [-0.2, 0) is 0 Å². The fourth-order valence-electron chi connectivity index (χ4n) is 0.846. The van der Waals surface area contributed by atoms with Gasteiger partial charge in [0.25, 0.3) is 0 Å². The summed E-state index contributed by atoms with van der Waals surface area (Å²) in [5.41, 5.74) is 1.77. The quantitative estimate of drug-likeness (QED) is 0.647. The van der Waals surface area contributed by atoms with Crippen LogP contribution in [0, 0.1) is 6.92 Å². The first-order valence-corrected chi connectivity index (χ1v) is 4.38. The Hall–Kier alpha value is -1.38. The van der Waals surface area contributed by atoms with E-state index < -0.39 is 0 Å². The van der Waals surface area contributed by atoms with Gasteiger partial charge in [0.15, 0.2) is 0 Å². The molecule has 0 aromatic carbocycles. The van der Waals surface area contributed by atoms with Gasteiger partial charge in [-0.15, -0.1) is 0 Å². The number of rotatable bonds is 1. The SMILES string of the molecule is C=Cn1cc(C)ncc1=NC.CC. The van der Waals surface area contributed by atoms with Crippen LogP contribution >= 0.6 is 0 Å². The summed E-state index contributed by atoms with van der Waals surface area (Å²) in [4.78, 5) is 8.11. The Bertz CT molecular complexity index is 323. The largest absolute Gasteiger partial charge is 0.306 e. The van der Waals surface area contributed by atoms with Gasteiger partial charge >= 0.3 is 0 Å². The fourth-order valence-corrected chi connectivity index (χ4v) is 0.846. The van der Waals surface area contributed by atoms with Gasteiger partial charge in [0.1, 0.15) is 5.49 Å². The molecule has 1 rings (SSSR count). The molecule has 0 atom stereocenters. The lowest BCUT2D eigenvalue weighted by molar-refractivity contribution is 0.930. The zero-order chi connectivity index (χ0) is 10.3. The first-order valence-electron chi connectivity index (χ1n) is 4.38. The second-order valence-corrected chi connectivity index (χ2v) is 2.20. The zero-order valence-electron chi connectivity index (χ0n) is 8.78. The summed E-state index contributed by atoms with van der Waals surface area (Å²) in [5.74, 6) is 0. The van der Waals surface area contributed by atoms with Gasteiger partial charge in [0.2, 0.25) is 0 Å². The van der Waals surface area contributed by atoms with E-state index in [1.54, 1.807) is 19.4 Å². The molecule has 0 saturated carbocycles. The summed E-state index contributed by atoms with van der Waals surface area (Å²) in [6.07, 6.45) is 5.31. The molecular formula is C10H17N3. The van der Waals surface area contributed by atoms with Gasteiger partial charge < -0.3 is 4.57 Å². The first-order chi connectivity index (χ1) is 6.27. The van der Waals surface area contributed by atoms with Crippen molar-refractivity contribution >= 4 is 6.20 Å². The van der Waals surface area contributed by atoms with E-state index in [2.05, 4.69) is 16.6 Å². The van der Waals surface area contributed by atoms with E-state index >= 15 is 0 Å². The predicted molar refractivity (Wildman–Crippen MR) is 56.2 cm³/mol. The molecule has 0 bridgehead atoms. The third-order valence-corrected chi connectivity index (χ3v) is 1.40. The van der Waals surface area contributed by atoms with Crippen LogP contribution in [0.5, 0.6) is 0 Å². The molecule has 0 unspecified atom stereocenters. The summed E-state index contributed by atoms with van der Waals surface area (Å²) < 4.78 is 1.84. The highest BCUT2D eigenvalue weighted by Crippen LogP contribution is 1.86. The molecule has 0 amide bonds. The van der Waals surface area contributed by atoms with E-state index in [1.165, 1.54) is 0 Å². The third kappa shape index (κ3) is 3.23. The van der Waals surface area contributed by atoms with Crippen molar-refractivity contribution in [2.45, 2.75) is 20.8 Å². The van der Waals surface area contributed by atoms with E-state index in [9.17, 15) is 0 Å². The maximum absolute atomic E-state index is 4.10. The topological polar surface area (TPSA) is 30.2 Å². The minimum Gasteiger partial charge on any atom is -0.306 e. The lowest BCUT2D eigenvalue weighted by Gasteiger charge is -1.99. The van der Waals surface area contributed by atoms with Gasteiger partial charge in [-0.1, -0.05) is 20.4 Å². The monoisotopic (exact) mass is 179 g/mol. The van der Waals surface area contributed by atoms with Crippen LogP contribution in [0.4, 0.5) is 0 Å². The molecule has 0 radical (unpaired) electrons. The van der Waals surface area contributed by atoms with Crippen LogP contribution in [0.2, 0.25) is 0 Å². The molecule has 0 aliphatic rings. The highest BCUT2D eigenvalue weighted by Gasteiger charge is 1.88. The molecule has 72 valence electrons. The number of aryl methyl sites for hydroxylation is 1. The van der Waals surface area contributed by atoms with E-state index in [0.29, 0.717) is 0 Å². The van der Waals surface area contributed by atoms with Crippen molar-refractivity contribution in [3.8, 4) is 0 Å². The van der Waals surface area contributed by atoms with Gasteiger partial charge in [-0.25, -0.2) is 0 Å². The molecule has 0 fully saturated rings. The lowest BCUT2D eigenvalue weighted by atomic mass is 10.5. The molecule has 0 aliphatic heterocycles. The maximum atomic E-state index is 4.10. The van der Waals surface area contributed by atoms with Crippen LogP contribution < -0.4 is 5.49 Å². The molecule has 0 aliphatic carbocycles. The standard InChI is InChI=1S/C8H11N3.C2H6/c1-4-11-6-7(2)10-5-8(11)9-3;1-2/h4-6H,1H2,2-3H3;1-2H3. The molecule has 1 heterocycles. The summed E-state index contributed by atoms with van der Waals surface area (Å²) in [7, 11) is 1.73.